The summed E-state index contributed by atoms with van der Waals surface area (Å²) in [6.07, 6.45) is 2.01. The highest BCUT2D eigenvalue weighted by Gasteiger charge is 2.04. The molecule has 0 saturated carbocycles. The van der Waals surface area contributed by atoms with Crippen molar-refractivity contribution in [2.24, 2.45) is 0 Å². The predicted molar refractivity (Wildman–Crippen MR) is 66.3 cm³/mol. The molecule has 0 bridgehead atoms. The van der Waals surface area contributed by atoms with E-state index in [-0.39, 0.29) is 0 Å². The Morgan fingerprint density at radius 2 is 2.33 bits per heavy atom. The number of nitrogens with zero attached hydrogens (tertiary/aromatic N) is 3. The smallest absolute Gasteiger partial charge is 0.239 e. The number of hydrogen-bond donors (Lipinski definition) is 2. The minimum atomic E-state index is 0.445. The van der Waals surface area contributed by atoms with Crippen LogP contribution in [0.1, 0.15) is 12.8 Å². The number of pyridine rings is 1. The van der Waals surface area contributed by atoms with Crippen molar-refractivity contribution in [2.45, 2.75) is 13.3 Å². The zero-order valence-electron chi connectivity index (χ0n) is 10.1. The quantitative estimate of drug-likeness (QED) is 0.790. The summed E-state index contributed by atoms with van der Waals surface area (Å²) in [5, 5.41) is 6.67. The Morgan fingerprint density at radius 1 is 1.44 bits per heavy atom. The topological polar surface area (TPSA) is 99.1 Å². The van der Waals surface area contributed by atoms with Crippen molar-refractivity contribution in [3.05, 3.63) is 24.4 Å². The molecule has 2 aromatic heterocycles. The van der Waals surface area contributed by atoms with E-state index in [2.05, 4.69) is 20.4 Å². The van der Waals surface area contributed by atoms with E-state index in [1.807, 2.05) is 6.92 Å². The van der Waals surface area contributed by atoms with Gasteiger partial charge in [-0.05, 0) is 19.1 Å². The zero-order valence-corrected chi connectivity index (χ0v) is 10.1. The Kier molecular flexibility index (Phi) is 3.95. The lowest BCUT2D eigenvalue weighted by Gasteiger charge is -2.08. The third kappa shape index (κ3) is 3.09. The van der Waals surface area contributed by atoms with Crippen LogP contribution in [0.25, 0.3) is 0 Å². The summed E-state index contributed by atoms with van der Waals surface area (Å²) in [5.74, 6) is 1.73. The van der Waals surface area contributed by atoms with Gasteiger partial charge in [0.25, 0.3) is 0 Å². The van der Waals surface area contributed by atoms with Crippen molar-refractivity contribution in [2.75, 3.05) is 24.2 Å². The van der Waals surface area contributed by atoms with E-state index < -0.39 is 0 Å². The van der Waals surface area contributed by atoms with Gasteiger partial charge in [-0.25, -0.2) is 0 Å². The van der Waals surface area contributed by atoms with E-state index in [4.69, 9.17) is 15.0 Å². The maximum atomic E-state index is 5.73. The predicted octanol–water partition coefficient (Wildman–Crippen LogP) is 1.10. The van der Waals surface area contributed by atoms with Gasteiger partial charge in [-0.3, -0.25) is 0 Å². The van der Waals surface area contributed by atoms with Crippen molar-refractivity contribution < 1.29 is 9.26 Å². The van der Waals surface area contributed by atoms with Crippen LogP contribution in [0.3, 0.4) is 0 Å². The molecule has 0 aliphatic rings. The van der Waals surface area contributed by atoms with Gasteiger partial charge in [-0.2, -0.15) is 9.97 Å². The van der Waals surface area contributed by atoms with E-state index >= 15 is 0 Å². The zero-order chi connectivity index (χ0) is 12.8. The lowest BCUT2D eigenvalue weighted by Crippen LogP contribution is -2.08. The molecule has 0 unspecified atom stereocenters. The van der Waals surface area contributed by atoms with Crippen LogP contribution >= 0.6 is 0 Å². The molecule has 0 atom stereocenters. The minimum absolute atomic E-state index is 0.445. The summed E-state index contributed by atoms with van der Waals surface area (Å²) < 4.78 is 10.2. The number of hydrogen-bond acceptors (Lipinski definition) is 7. The van der Waals surface area contributed by atoms with Crippen molar-refractivity contribution in [1.29, 1.82) is 0 Å². The maximum absolute atomic E-state index is 5.73. The third-order valence-corrected chi connectivity index (χ3v) is 2.22. The summed E-state index contributed by atoms with van der Waals surface area (Å²) in [6, 6.07) is 3.55. The van der Waals surface area contributed by atoms with E-state index in [0.717, 1.165) is 0 Å². The van der Waals surface area contributed by atoms with Gasteiger partial charge >= 0.3 is 0 Å². The SMILES string of the molecule is CCOc1nc(NCCc2ncno2)ccc1N. The Morgan fingerprint density at radius 3 is 3.06 bits per heavy atom. The number of anilines is 2. The molecule has 0 saturated heterocycles. The average Bonchev–Trinajstić information content (AvgIpc) is 2.87. The van der Waals surface area contributed by atoms with Crippen LogP contribution in [0.15, 0.2) is 23.0 Å². The first kappa shape index (κ1) is 12.2. The second-order valence-electron chi connectivity index (χ2n) is 3.54. The first-order valence-electron chi connectivity index (χ1n) is 5.68. The van der Waals surface area contributed by atoms with Gasteiger partial charge in [0, 0.05) is 13.0 Å². The lowest BCUT2D eigenvalue weighted by atomic mass is 10.3. The summed E-state index contributed by atoms with van der Waals surface area (Å²) >= 11 is 0. The van der Waals surface area contributed by atoms with Crippen molar-refractivity contribution in [3.8, 4) is 5.88 Å². The van der Waals surface area contributed by atoms with Gasteiger partial charge in [0.15, 0.2) is 6.33 Å². The van der Waals surface area contributed by atoms with E-state index in [9.17, 15) is 0 Å². The van der Waals surface area contributed by atoms with Crippen LogP contribution in [0.4, 0.5) is 11.5 Å². The van der Waals surface area contributed by atoms with Crippen LogP contribution in [-0.2, 0) is 6.42 Å². The Bertz CT molecular complexity index is 486. The number of rotatable bonds is 6. The molecule has 0 fully saturated rings. The molecule has 96 valence electrons. The Balaban J connectivity index is 1.90. The van der Waals surface area contributed by atoms with Gasteiger partial charge in [-0.1, -0.05) is 5.16 Å². The fraction of sp³-hybridized carbons (Fsp3) is 0.364. The molecule has 2 rings (SSSR count). The highest BCUT2D eigenvalue weighted by Crippen LogP contribution is 2.20. The normalized spacial score (nSPS) is 10.3. The van der Waals surface area contributed by atoms with Gasteiger partial charge in [0.2, 0.25) is 11.8 Å². The summed E-state index contributed by atoms with van der Waals surface area (Å²) in [4.78, 5) is 8.18. The fourth-order valence-electron chi connectivity index (χ4n) is 1.41. The van der Waals surface area contributed by atoms with E-state index in [1.165, 1.54) is 6.33 Å². The first-order chi connectivity index (χ1) is 8.79. The summed E-state index contributed by atoms with van der Waals surface area (Å²) in [6.45, 7) is 3.06. The fourth-order valence-corrected chi connectivity index (χ4v) is 1.41. The summed E-state index contributed by atoms with van der Waals surface area (Å²) in [5.41, 5.74) is 6.26. The number of nitrogens with two attached hydrogens (primary N) is 1. The second-order valence-corrected chi connectivity index (χ2v) is 3.54. The number of nitrogen functional groups attached to an aromatic ring is 1. The van der Waals surface area contributed by atoms with Crippen molar-refractivity contribution in [3.63, 3.8) is 0 Å². The van der Waals surface area contributed by atoms with Crippen LogP contribution in [0.2, 0.25) is 0 Å². The monoisotopic (exact) mass is 249 g/mol. The van der Waals surface area contributed by atoms with Crippen LogP contribution in [0, 0.1) is 0 Å². The van der Waals surface area contributed by atoms with Crippen molar-refractivity contribution in [1.82, 2.24) is 15.1 Å². The highest BCUT2D eigenvalue weighted by atomic mass is 16.5. The lowest BCUT2D eigenvalue weighted by molar-refractivity contribution is 0.329. The summed E-state index contributed by atoms with van der Waals surface area (Å²) in [7, 11) is 0. The molecule has 0 aromatic carbocycles. The standard InChI is InChI=1S/C11H15N5O2/c1-2-17-11-8(12)3-4-9(16-11)13-6-5-10-14-7-15-18-10/h3-4,7H,2,5-6,12H2,1H3,(H,13,16). The molecule has 0 spiro atoms. The molecule has 0 radical (unpaired) electrons. The van der Waals surface area contributed by atoms with Gasteiger partial charge in [0.05, 0.1) is 12.3 Å². The molecular weight excluding hydrogens is 234 g/mol. The van der Waals surface area contributed by atoms with Gasteiger partial charge < -0.3 is 20.3 Å². The second kappa shape index (κ2) is 5.85. The van der Waals surface area contributed by atoms with Gasteiger partial charge in [0.1, 0.15) is 5.82 Å². The maximum Gasteiger partial charge on any atom is 0.239 e. The van der Waals surface area contributed by atoms with Crippen LogP contribution < -0.4 is 15.8 Å². The highest BCUT2D eigenvalue weighted by molar-refractivity contribution is 5.53. The molecule has 2 aromatic rings. The number of aromatic nitrogens is 3. The molecule has 3 N–H and O–H groups in total. The molecule has 7 heteroatoms. The molecule has 0 aliphatic heterocycles. The Hall–Kier alpha value is -2.31. The average molecular weight is 249 g/mol. The van der Waals surface area contributed by atoms with Crippen LogP contribution in [0.5, 0.6) is 5.88 Å². The van der Waals surface area contributed by atoms with E-state index in [1.54, 1.807) is 12.1 Å². The molecule has 2 heterocycles. The largest absolute Gasteiger partial charge is 0.476 e. The Labute approximate surface area is 104 Å². The molecule has 18 heavy (non-hydrogen) atoms. The third-order valence-electron chi connectivity index (χ3n) is 2.22. The molecule has 0 amide bonds. The van der Waals surface area contributed by atoms with Crippen LogP contribution in [-0.4, -0.2) is 28.3 Å². The molecule has 7 nitrogen and oxygen atoms in total. The minimum Gasteiger partial charge on any atom is -0.476 e. The molecule has 0 aliphatic carbocycles. The first-order valence-corrected chi connectivity index (χ1v) is 5.68. The number of nitrogens with one attached hydrogen (secondary N) is 1. The van der Waals surface area contributed by atoms with Gasteiger partial charge in [-0.15, -0.1) is 0 Å². The van der Waals surface area contributed by atoms with Crippen molar-refractivity contribution >= 4 is 11.5 Å². The van der Waals surface area contributed by atoms with E-state index in [0.29, 0.717) is 42.8 Å². The molecular formula is C11H15N5O2. The number of ether oxygens (including phenoxy) is 1.